The van der Waals surface area contributed by atoms with Gasteiger partial charge in [-0.15, -0.1) is 0 Å². The predicted molar refractivity (Wildman–Crippen MR) is 64.0 cm³/mol. The smallest absolute Gasteiger partial charge is 0.395 e. The zero-order valence-electron chi connectivity index (χ0n) is 10.3. The number of rotatable bonds is 3. The minimum absolute atomic E-state index is 0.0433. The Hall–Kier alpha value is -2.03. The molecule has 0 atom stereocenters. The van der Waals surface area contributed by atoms with Crippen molar-refractivity contribution in [3.63, 3.8) is 0 Å². The molecule has 0 bridgehead atoms. The number of nitrogens with zero attached hydrogens (tertiary/aromatic N) is 1. The number of aliphatic hydroxyl groups excluding tert-OH is 1. The Bertz CT molecular complexity index is 542. The zero-order chi connectivity index (χ0) is 16.3. The first-order chi connectivity index (χ1) is 9.54. The van der Waals surface area contributed by atoms with E-state index in [1.54, 1.807) is 0 Å². The number of hydrogen-bond acceptors (Lipinski definition) is 3. The minimum Gasteiger partial charge on any atom is -0.395 e. The van der Waals surface area contributed by atoms with Gasteiger partial charge >= 0.3 is 12.4 Å². The summed E-state index contributed by atoms with van der Waals surface area (Å²) in [5.74, 6) is 0. The molecule has 0 aliphatic carbocycles. The fourth-order valence-electron chi connectivity index (χ4n) is 1.27. The average molecular weight is 312 g/mol. The van der Waals surface area contributed by atoms with Gasteiger partial charge in [-0.1, -0.05) is 0 Å². The summed E-state index contributed by atoms with van der Waals surface area (Å²) < 4.78 is 73.6. The number of aliphatic imine (C=N–C) groups is 1. The van der Waals surface area contributed by atoms with Gasteiger partial charge in [-0.2, -0.15) is 26.3 Å². The van der Waals surface area contributed by atoms with Gasteiger partial charge < -0.3 is 10.8 Å². The summed E-state index contributed by atoms with van der Waals surface area (Å²) >= 11 is 0. The maximum atomic E-state index is 12.3. The van der Waals surface area contributed by atoms with Crippen LogP contribution < -0.4 is 5.73 Å². The van der Waals surface area contributed by atoms with E-state index in [-0.39, 0.29) is 5.69 Å². The lowest BCUT2D eigenvalue weighted by Gasteiger charge is -2.07. The van der Waals surface area contributed by atoms with Gasteiger partial charge in [0.05, 0.1) is 23.6 Å². The summed E-state index contributed by atoms with van der Waals surface area (Å²) in [5.41, 5.74) is 1.90. The van der Waals surface area contributed by atoms with E-state index >= 15 is 0 Å². The highest BCUT2D eigenvalue weighted by Crippen LogP contribution is 2.30. The molecule has 0 aromatic heterocycles. The Kier molecular flexibility index (Phi) is 5.00. The largest absolute Gasteiger partial charge is 0.430 e. The highest BCUT2D eigenvalue weighted by Gasteiger charge is 2.32. The Morgan fingerprint density at radius 2 is 1.62 bits per heavy atom. The fourth-order valence-corrected chi connectivity index (χ4v) is 1.27. The first-order valence-corrected chi connectivity index (χ1v) is 5.44. The van der Waals surface area contributed by atoms with E-state index in [4.69, 9.17) is 10.8 Å². The van der Waals surface area contributed by atoms with Crippen LogP contribution >= 0.6 is 0 Å². The molecule has 0 amide bonds. The standard InChI is InChI=1S/C12H10F6N2O/c13-11(14,15)7-1-3-8(4-2-7)20-9(6-21)5-10(19)12(16,17)18/h1-5,21H,6,19H2/b10-5-,20-9?. The van der Waals surface area contributed by atoms with E-state index in [2.05, 4.69) is 4.99 Å². The maximum absolute atomic E-state index is 12.3. The van der Waals surface area contributed by atoms with Crippen molar-refractivity contribution in [3.05, 3.63) is 41.6 Å². The van der Waals surface area contributed by atoms with E-state index in [0.717, 1.165) is 24.3 Å². The van der Waals surface area contributed by atoms with Crippen LogP contribution in [0.25, 0.3) is 0 Å². The molecule has 0 aliphatic rings. The second-order valence-corrected chi connectivity index (χ2v) is 3.90. The molecular weight excluding hydrogens is 302 g/mol. The van der Waals surface area contributed by atoms with Gasteiger partial charge in [0.2, 0.25) is 0 Å². The summed E-state index contributed by atoms with van der Waals surface area (Å²) in [4.78, 5) is 3.60. The molecule has 1 aromatic carbocycles. The number of hydrogen-bond donors (Lipinski definition) is 2. The first kappa shape index (κ1) is 17.0. The lowest BCUT2D eigenvalue weighted by Crippen LogP contribution is -2.21. The Balaban J connectivity index is 3.05. The lowest BCUT2D eigenvalue weighted by atomic mass is 10.2. The van der Waals surface area contributed by atoms with Crippen LogP contribution in [0.3, 0.4) is 0 Å². The van der Waals surface area contributed by atoms with Crippen LogP contribution in [0.1, 0.15) is 5.56 Å². The van der Waals surface area contributed by atoms with E-state index in [0.29, 0.717) is 6.08 Å². The molecule has 9 heteroatoms. The van der Waals surface area contributed by atoms with Crippen LogP contribution in [-0.2, 0) is 6.18 Å². The van der Waals surface area contributed by atoms with Crippen molar-refractivity contribution in [1.82, 2.24) is 0 Å². The molecule has 1 aromatic rings. The van der Waals surface area contributed by atoms with Crippen molar-refractivity contribution in [2.75, 3.05) is 6.61 Å². The molecule has 0 saturated heterocycles. The summed E-state index contributed by atoms with van der Waals surface area (Å²) in [5, 5.41) is 8.91. The molecule has 1 rings (SSSR count). The van der Waals surface area contributed by atoms with Crippen molar-refractivity contribution >= 4 is 11.4 Å². The average Bonchev–Trinajstić information content (AvgIpc) is 2.36. The van der Waals surface area contributed by atoms with E-state index in [9.17, 15) is 26.3 Å². The molecule has 116 valence electrons. The highest BCUT2D eigenvalue weighted by atomic mass is 19.4. The zero-order valence-corrected chi connectivity index (χ0v) is 10.3. The predicted octanol–water partition coefficient (Wildman–Crippen LogP) is 3.18. The number of allylic oxidation sites excluding steroid dienone is 1. The molecule has 3 N–H and O–H groups in total. The Morgan fingerprint density at radius 3 is 2.00 bits per heavy atom. The van der Waals surface area contributed by atoms with Gasteiger partial charge in [-0.3, -0.25) is 4.99 Å². The third-order valence-corrected chi connectivity index (χ3v) is 2.28. The van der Waals surface area contributed by atoms with Gasteiger partial charge in [0.15, 0.2) is 0 Å². The second kappa shape index (κ2) is 6.17. The van der Waals surface area contributed by atoms with Crippen LogP contribution in [-0.4, -0.2) is 23.6 Å². The monoisotopic (exact) mass is 312 g/mol. The number of halogens is 6. The Morgan fingerprint density at radius 1 is 1.10 bits per heavy atom. The molecule has 0 unspecified atom stereocenters. The molecule has 0 saturated carbocycles. The van der Waals surface area contributed by atoms with Crippen LogP contribution in [0, 0.1) is 0 Å². The maximum Gasteiger partial charge on any atom is 0.430 e. The van der Waals surface area contributed by atoms with Crippen molar-refractivity contribution < 1.29 is 31.4 Å². The molecule has 0 spiro atoms. The molecule has 0 fully saturated rings. The second-order valence-electron chi connectivity index (χ2n) is 3.90. The fraction of sp³-hybridized carbons (Fsp3) is 0.250. The van der Waals surface area contributed by atoms with Crippen molar-refractivity contribution in [2.45, 2.75) is 12.4 Å². The molecule has 0 radical (unpaired) electrons. The molecule has 21 heavy (non-hydrogen) atoms. The van der Waals surface area contributed by atoms with E-state index < -0.39 is 35.9 Å². The van der Waals surface area contributed by atoms with Crippen molar-refractivity contribution in [1.29, 1.82) is 0 Å². The Labute approximate surface area is 115 Å². The molecule has 0 aliphatic heterocycles. The SMILES string of the molecule is N/C(=C\C(CO)=Nc1ccc(C(F)(F)F)cc1)C(F)(F)F. The summed E-state index contributed by atoms with van der Waals surface area (Å²) in [7, 11) is 0. The quantitative estimate of drug-likeness (QED) is 0.665. The molecular formula is C12H10F6N2O. The molecule has 0 heterocycles. The van der Waals surface area contributed by atoms with E-state index in [1.807, 2.05) is 0 Å². The van der Waals surface area contributed by atoms with Crippen LogP contribution in [0.5, 0.6) is 0 Å². The first-order valence-electron chi connectivity index (χ1n) is 5.44. The summed E-state index contributed by atoms with van der Waals surface area (Å²) in [6, 6.07) is 3.39. The van der Waals surface area contributed by atoms with Gasteiger partial charge in [0.25, 0.3) is 0 Å². The minimum atomic E-state index is -4.78. The summed E-state index contributed by atoms with van der Waals surface area (Å²) in [6.45, 7) is -0.849. The van der Waals surface area contributed by atoms with Gasteiger partial charge in [-0.25, -0.2) is 0 Å². The van der Waals surface area contributed by atoms with Crippen LogP contribution in [0.4, 0.5) is 32.0 Å². The van der Waals surface area contributed by atoms with Crippen molar-refractivity contribution in [2.24, 2.45) is 10.7 Å². The van der Waals surface area contributed by atoms with Crippen LogP contribution in [0.2, 0.25) is 0 Å². The number of aliphatic hydroxyl groups is 1. The molecule has 3 nitrogen and oxygen atoms in total. The lowest BCUT2D eigenvalue weighted by molar-refractivity contribution is -0.137. The third kappa shape index (κ3) is 5.10. The topological polar surface area (TPSA) is 58.6 Å². The van der Waals surface area contributed by atoms with Gasteiger partial charge in [-0.05, 0) is 30.3 Å². The summed E-state index contributed by atoms with van der Waals surface area (Å²) in [6.07, 6.45) is -8.89. The van der Waals surface area contributed by atoms with Crippen LogP contribution in [0.15, 0.2) is 41.0 Å². The van der Waals surface area contributed by atoms with Gasteiger partial charge in [0.1, 0.15) is 5.70 Å². The number of alkyl halides is 6. The van der Waals surface area contributed by atoms with Crippen molar-refractivity contribution in [3.8, 4) is 0 Å². The number of nitrogens with two attached hydrogens (primary N) is 1. The normalized spacial score (nSPS) is 14.4. The third-order valence-electron chi connectivity index (χ3n) is 2.28. The number of benzene rings is 1. The van der Waals surface area contributed by atoms with E-state index in [1.165, 1.54) is 0 Å². The van der Waals surface area contributed by atoms with Gasteiger partial charge in [0, 0.05) is 0 Å². The highest BCUT2D eigenvalue weighted by molar-refractivity contribution is 5.98.